The van der Waals surface area contributed by atoms with Gasteiger partial charge in [-0.3, -0.25) is 0 Å². The topological polar surface area (TPSA) is 0 Å². The predicted octanol–water partition coefficient (Wildman–Crippen LogP) is 1.07. The lowest BCUT2D eigenvalue weighted by Gasteiger charge is -1.81. The van der Waals surface area contributed by atoms with Gasteiger partial charge in [0, 0.05) is 5.54 Å². The quantitative estimate of drug-likeness (QED) is 0.503. The van der Waals surface area contributed by atoms with Gasteiger partial charge in [0.2, 0.25) is 0 Å². The van der Waals surface area contributed by atoms with E-state index in [1.807, 2.05) is 24.3 Å². The van der Waals surface area contributed by atoms with Crippen LogP contribution in [-0.4, -0.2) is 0 Å². The summed E-state index contributed by atoms with van der Waals surface area (Å²) in [5.41, 5.74) is 1.53. The standard InChI is InChI=1S/C8H7Cl/c1-7-4-2-3-5-8(7)6-9/h2-6H,1H2/b8-6-. The minimum absolute atomic E-state index is 0.965. The maximum absolute atomic E-state index is 5.47. The van der Waals surface area contributed by atoms with Gasteiger partial charge in [0.05, 0.1) is 0 Å². The Morgan fingerprint density at radius 1 is 1.33 bits per heavy atom. The van der Waals surface area contributed by atoms with Crippen LogP contribution in [0.2, 0.25) is 0 Å². The Kier molecular flexibility index (Phi) is 1.91. The molecule has 0 aliphatic carbocycles. The van der Waals surface area contributed by atoms with Crippen LogP contribution in [0.5, 0.6) is 0 Å². The smallest absolute Gasteiger partial charge is 0.0121 e. The van der Waals surface area contributed by atoms with Crippen molar-refractivity contribution in [2.75, 3.05) is 0 Å². The molecule has 0 atom stereocenters. The summed E-state index contributed by atoms with van der Waals surface area (Å²) in [6, 6.07) is 7.72. The van der Waals surface area contributed by atoms with E-state index in [9.17, 15) is 0 Å². The molecule has 9 heavy (non-hydrogen) atoms. The van der Waals surface area contributed by atoms with Crippen molar-refractivity contribution in [2.45, 2.75) is 0 Å². The minimum Gasteiger partial charge on any atom is -0.0923 e. The van der Waals surface area contributed by atoms with Crippen molar-refractivity contribution < 1.29 is 0 Å². The molecule has 1 heteroatoms. The summed E-state index contributed by atoms with van der Waals surface area (Å²) >= 11 is 5.47. The van der Waals surface area contributed by atoms with Gasteiger partial charge in [-0.05, 0) is 10.4 Å². The van der Waals surface area contributed by atoms with Crippen molar-refractivity contribution in [1.29, 1.82) is 0 Å². The van der Waals surface area contributed by atoms with E-state index in [1.165, 1.54) is 5.54 Å². The third-order valence-electron chi connectivity index (χ3n) is 1.17. The SMILES string of the molecule is C=c1cccc/c1=C/Cl. The average molecular weight is 139 g/mol. The zero-order chi connectivity index (χ0) is 6.69. The molecule has 0 nitrogen and oxygen atoms in total. The molecule has 0 fully saturated rings. The Labute approximate surface area is 59.1 Å². The van der Waals surface area contributed by atoms with Crippen LogP contribution in [-0.2, 0) is 0 Å². The fraction of sp³-hybridized carbons (Fsp3) is 0. The predicted molar refractivity (Wildman–Crippen MR) is 41.5 cm³/mol. The monoisotopic (exact) mass is 138 g/mol. The van der Waals surface area contributed by atoms with E-state index in [0.717, 1.165) is 10.4 Å². The van der Waals surface area contributed by atoms with Crippen LogP contribution >= 0.6 is 11.6 Å². The highest BCUT2D eigenvalue weighted by atomic mass is 35.5. The van der Waals surface area contributed by atoms with Crippen LogP contribution in [0.3, 0.4) is 0 Å². The normalized spacial score (nSPS) is 11.9. The molecule has 0 aromatic heterocycles. The molecular formula is C8H7Cl. The summed E-state index contributed by atoms with van der Waals surface area (Å²) in [6.45, 7) is 3.78. The zero-order valence-electron chi connectivity index (χ0n) is 4.97. The van der Waals surface area contributed by atoms with Gasteiger partial charge in [0.15, 0.2) is 0 Å². The van der Waals surface area contributed by atoms with Crippen molar-refractivity contribution in [3.63, 3.8) is 0 Å². The minimum atomic E-state index is 0.965. The molecule has 0 spiro atoms. The molecule has 1 aromatic rings. The van der Waals surface area contributed by atoms with E-state index in [4.69, 9.17) is 11.6 Å². The molecule has 0 amide bonds. The van der Waals surface area contributed by atoms with E-state index in [1.54, 1.807) is 0 Å². The molecule has 1 aromatic carbocycles. The van der Waals surface area contributed by atoms with Crippen molar-refractivity contribution in [2.24, 2.45) is 0 Å². The van der Waals surface area contributed by atoms with E-state index in [-0.39, 0.29) is 0 Å². The lowest BCUT2D eigenvalue weighted by molar-refractivity contribution is 1.54. The van der Waals surface area contributed by atoms with Crippen LogP contribution in [0.1, 0.15) is 0 Å². The zero-order valence-corrected chi connectivity index (χ0v) is 5.73. The first-order valence-corrected chi connectivity index (χ1v) is 3.12. The molecule has 1 rings (SSSR count). The van der Waals surface area contributed by atoms with Gasteiger partial charge in [-0.1, -0.05) is 42.4 Å². The average Bonchev–Trinajstić information content (AvgIpc) is 1.89. The van der Waals surface area contributed by atoms with Crippen molar-refractivity contribution >= 4 is 23.7 Å². The first-order valence-electron chi connectivity index (χ1n) is 2.69. The fourth-order valence-corrected chi connectivity index (χ4v) is 0.854. The number of benzene rings is 1. The highest BCUT2D eigenvalue weighted by Crippen LogP contribution is 1.73. The Morgan fingerprint density at radius 3 is 2.44 bits per heavy atom. The molecule has 0 N–H and O–H groups in total. The molecular weight excluding hydrogens is 132 g/mol. The fourth-order valence-electron chi connectivity index (χ4n) is 0.641. The third kappa shape index (κ3) is 1.33. The van der Waals surface area contributed by atoms with Crippen molar-refractivity contribution in [3.05, 3.63) is 34.7 Å². The summed E-state index contributed by atoms with van der Waals surface area (Å²) < 4.78 is 0. The maximum atomic E-state index is 5.47. The van der Waals surface area contributed by atoms with Gasteiger partial charge >= 0.3 is 0 Å². The van der Waals surface area contributed by atoms with Crippen LogP contribution in [0, 0.1) is 0 Å². The molecule has 46 valence electrons. The molecule has 0 saturated carbocycles. The third-order valence-corrected chi connectivity index (χ3v) is 1.41. The Bertz CT molecular complexity index is 288. The molecule has 0 bridgehead atoms. The molecule has 0 radical (unpaired) electrons. The van der Waals surface area contributed by atoms with Gasteiger partial charge in [0.25, 0.3) is 0 Å². The van der Waals surface area contributed by atoms with E-state index >= 15 is 0 Å². The number of halogens is 1. The Hall–Kier alpha value is -0.750. The summed E-state index contributed by atoms with van der Waals surface area (Å²) in [6.07, 6.45) is 0. The highest BCUT2D eigenvalue weighted by molar-refractivity contribution is 6.38. The molecule has 0 saturated heterocycles. The van der Waals surface area contributed by atoms with E-state index < -0.39 is 0 Å². The van der Waals surface area contributed by atoms with Crippen LogP contribution in [0.15, 0.2) is 24.3 Å². The Morgan fingerprint density at radius 2 is 2.00 bits per heavy atom. The summed E-state index contributed by atoms with van der Waals surface area (Å²) in [5, 5.41) is 1.95. The lowest BCUT2D eigenvalue weighted by Crippen LogP contribution is -2.20. The van der Waals surface area contributed by atoms with Gasteiger partial charge in [-0.2, -0.15) is 0 Å². The van der Waals surface area contributed by atoms with Crippen LogP contribution < -0.4 is 10.4 Å². The second-order valence-corrected chi connectivity index (χ2v) is 2.03. The van der Waals surface area contributed by atoms with Crippen molar-refractivity contribution in [3.8, 4) is 0 Å². The first kappa shape index (κ1) is 6.37. The van der Waals surface area contributed by atoms with Gasteiger partial charge in [-0.25, -0.2) is 0 Å². The largest absolute Gasteiger partial charge is 0.0923 e. The van der Waals surface area contributed by atoms with Crippen LogP contribution in [0.25, 0.3) is 12.1 Å². The summed E-state index contributed by atoms with van der Waals surface area (Å²) in [4.78, 5) is 0. The molecule has 0 aliphatic heterocycles. The van der Waals surface area contributed by atoms with E-state index in [2.05, 4.69) is 6.58 Å². The second-order valence-electron chi connectivity index (χ2n) is 1.81. The highest BCUT2D eigenvalue weighted by Gasteiger charge is 1.75. The van der Waals surface area contributed by atoms with Gasteiger partial charge in [-0.15, -0.1) is 0 Å². The number of hydrogen-bond donors (Lipinski definition) is 0. The number of hydrogen-bond acceptors (Lipinski definition) is 0. The van der Waals surface area contributed by atoms with Crippen molar-refractivity contribution in [1.82, 2.24) is 0 Å². The Balaban J connectivity index is 3.53. The summed E-state index contributed by atoms with van der Waals surface area (Å²) in [5.74, 6) is 0. The van der Waals surface area contributed by atoms with E-state index in [0.29, 0.717) is 0 Å². The number of rotatable bonds is 0. The molecule has 0 aliphatic rings. The summed E-state index contributed by atoms with van der Waals surface area (Å²) in [7, 11) is 0. The van der Waals surface area contributed by atoms with Gasteiger partial charge in [0.1, 0.15) is 0 Å². The van der Waals surface area contributed by atoms with Gasteiger partial charge < -0.3 is 0 Å². The lowest BCUT2D eigenvalue weighted by atomic mass is 10.3. The molecule has 0 heterocycles. The molecule has 0 unspecified atom stereocenters. The maximum Gasteiger partial charge on any atom is 0.0121 e. The van der Waals surface area contributed by atoms with Crippen LogP contribution in [0.4, 0.5) is 0 Å². The second kappa shape index (κ2) is 2.70. The first-order chi connectivity index (χ1) is 4.34.